The Morgan fingerprint density at radius 2 is 1.89 bits per heavy atom. The number of hydrogen-bond donors (Lipinski definition) is 1. The Hall–Kier alpha value is -2.85. The lowest BCUT2D eigenvalue weighted by Gasteiger charge is -2.40. The highest BCUT2D eigenvalue weighted by molar-refractivity contribution is 5.83. The summed E-state index contributed by atoms with van der Waals surface area (Å²) in [6.07, 6.45) is 3.09. The number of rotatable bonds is 3. The van der Waals surface area contributed by atoms with Gasteiger partial charge in [0.05, 0.1) is 5.52 Å². The average molecular weight is 356 g/mol. The van der Waals surface area contributed by atoms with Crippen molar-refractivity contribution in [3.8, 4) is 0 Å². The Bertz CT molecular complexity index is 1030. The largest absolute Gasteiger partial charge is 0.331 e. The minimum absolute atomic E-state index is 0.0399. The van der Waals surface area contributed by atoms with Gasteiger partial charge in [0.1, 0.15) is 0 Å². The average Bonchev–Trinajstić information content (AvgIpc) is 3.05. The molecule has 2 aliphatic rings. The van der Waals surface area contributed by atoms with Crippen molar-refractivity contribution >= 4 is 17.1 Å². The summed E-state index contributed by atoms with van der Waals surface area (Å²) in [5.74, 6) is 0. The maximum absolute atomic E-state index is 5.01. The van der Waals surface area contributed by atoms with Gasteiger partial charge < -0.3 is 14.8 Å². The third kappa shape index (κ3) is 2.86. The van der Waals surface area contributed by atoms with Crippen molar-refractivity contribution in [3.05, 3.63) is 83.2 Å². The molecule has 0 saturated heterocycles. The van der Waals surface area contributed by atoms with E-state index >= 15 is 0 Å². The molecule has 0 fully saturated rings. The van der Waals surface area contributed by atoms with Gasteiger partial charge in [-0.1, -0.05) is 48.5 Å². The monoisotopic (exact) mass is 356 g/mol. The maximum atomic E-state index is 5.01. The molecule has 0 bridgehead atoms. The zero-order valence-corrected chi connectivity index (χ0v) is 15.6. The van der Waals surface area contributed by atoms with Crippen molar-refractivity contribution < 1.29 is 0 Å². The third-order valence-corrected chi connectivity index (χ3v) is 5.58. The van der Waals surface area contributed by atoms with Gasteiger partial charge in [-0.25, -0.2) is 4.99 Å². The van der Waals surface area contributed by atoms with Crippen molar-refractivity contribution in [1.82, 2.24) is 14.8 Å². The first-order valence-corrected chi connectivity index (χ1v) is 9.64. The molecule has 2 aromatic carbocycles. The van der Waals surface area contributed by atoms with Crippen molar-refractivity contribution in [2.75, 3.05) is 13.1 Å². The van der Waals surface area contributed by atoms with Gasteiger partial charge in [0.25, 0.3) is 0 Å². The Balaban J connectivity index is 1.62. The Labute approximate surface area is 159 Å². The van der Waals surface area contributed by atoms with Crippen molar-refractivity contribution in [1.29, 1.82) is 0 Å². The van der Waals surface area contributed by atoms with Gasteiger partial charge in [0, 0.05) is 49.2 Å². The number of benzene rings is 2. The first kappa shape index (κ1) is 16.3. The summed E-state index contributed by atoms with van der Waals surface area (Å²) in [4.78, 5) is 7.50. The molecule has 1 N–H and O–H groups in total. The van der Waals surface area contributed by atoms with E-state index in [4.69, 9.17) is 4.99 Å². The highest BCUT2D eigenvalue weighted by atomic mass is 15.4. The molecule has 3 heterocycles. The molecule has 0 amide bonds. The first-order valence-electron chi connectivity index (χ1n) is 9.64. The summed E-state index contributed by atoms with van der Waals surface area (Å²) in [6, 6.07) is 21.6. The molecule has 0 spiro atoms. The summed E-state index contributed by atoms with van der Waals surface area (Å²) in [5.41, 5.74) is 6.55. The lowest BCUT2D eigenvalue weighted by Crippen LogP contribution is -2.40. The van der Waals surface area contributed by atoms with Crippen molar-refractivity contribution in [2.45, 2.75) is 26.2 Å². The summed E-state index contributed by atoms with van der Waals surface area (Å²) < 4.78 is 2.38. The zero-order valence-electron chi connectivity index (χ0n) is 15.6. The molecule has 0 saturated carbocycles. The number of aryl methyl sites for hydroxylation is 1. The van der Waals surface area contributed by atoms with Crippen LogP contribution < -0.4 is 5.32 Å². The number of nitrogens with one attached hydrogen (secondary N) is 1. The predicted octanol–water partition coefficient (Wildman–Crippen LogP) is 4.24. The quantitative estimate of drug-likeness (QED) is 0.761. The first-order chi connectivity index (χ1) is 13.3. The second-order valence-electron chi connectivity index (χ2n) is 7.35. The van der Waals surface area contributed by atoms with E-state index in [0.29, 0.717) is 0 Å². The van der Waals surface area contributed by atoms with Gasteiger partial charge >= 0.3 is 0 Å². The van der Waals surface area contributed by atoms with Gasteiger partial charge in [0.15, 0.2) is 0 Å². The van der Waals surface area contributed by atoms with Crippen LogP contribution in [-0.4, -0.2) is 28.8 Å². The summed E-state index contributed by atoms with van der Waals surface area (Å²) in [5, 5.41) is 4.75. The van der Waals surface area contributed by atoms with Gasteiger partial charge in [-0.05, 0) is 30.0 Å². The number of nitrogens with zero attached hydrogens (tertiary/aromatic N) is 3. The van der Waals surface area contributed by atoms with E-state index < -0.39 is 0 Å². The lowest BCUT2D eigenvalue weighted by molar-refractivity contribution is 0.174. The fourth-order valence-electron chi connectivity index (χ4n) is 4.30. The van der Waals surface area contributed by atoms with E-state index in [2.05, 4.69) is 88.6 Å². The SMILES string of the molecule is Cc1cc2ccccc2n1C1N=CC2=C(CCNC2)N1Cc1ccccc1. The van der Waals surface area contributed by atoms with Crippen LogP contribution in [0.3, 0.4) is 0 Å². The van der Waals surface area contributed by atoms with Gasteiger partial charge in [0.2, 0.25) is 6.29 Å². The fourth-order valence-corrected chi connectivity index (χ4v) is 4.30. The topological polar surface area (TPSA) is 32.6 Å². The number of aromatic nitrogens is 1. The number of aliphatic imine (C=N–C) groups is 1. The number of fused-ring (bicyclic) bond motifs is 1. The van der Waals surface area contributed by atoms with Gasteiger partial charge in [-0.15, -0.1) is 0 Å². The second kappa shape index (κ2) is 6.71. The molecule has 0 radical (unpaired) electrons. The maximum Gasteiger partial charge on any atom is 0.203 e. The highest BCUT2D eigenvalue weighted by Crippen LogP contribution is 2.35. The summed E-state index contributed by atoms with van der Waals surface area (Å²) in [7, 11) is 0. The second-order valence-corrected chi connectivity index (χ2v) is 7.35. The molecular formula is C23H24N4. The van der Waals surface area contributed by atoms with Crippen LogP contribution in [0.15, 0.2) is 76.9 Å². The third-order valence-electron chi connectivity index (χ3n) is 5.58. The smallest absolute Gasteiger partial charge is 0.203 e. The van der Waals surface area contributed by atoms with Crippen LogP contribution >= 0.6 is 0 Å². The minimum atomic E-state index is -0.0399. The molecule has 0 aliphatic carbocycles. The molecule has 1 aromatic heterocycles. The van der Waals surface area contributed by atoms with E-state index in [9.17, 15) is 0 Å². The van der Waals surface area contributed by atoms with Crippen LogP contribution in [0, 0.1) is 6.92 Å². The molecule has 4 heteroatoms. The molecular weight excluding hydrogens is 332 g/mol. The predicted molar refractivity (Wildman–Crippen MR) is 111 cm³/mol. The molecule has 5 rings (SSSR count). The van der Waals surface area contributed by atoms with Crippen LogP contribution in [-0.2, 0) is 6.54 Å². The molecule has 136 valence electrons. The molecule has 2 aliphatic heterocycles. The van der Waals surface area contributed by atoms with E-state index in [1.54, 1.807) is 0 Å². The van der Waals surface area contributed by atoms with E-state index in [-0.39, 0.29) is 6.29 Å². The van der Waals surface area contributed by atoms with Crippen molar-refractivity contribution in [2.24, 2.45) is 4.99 Å². The van der Waals surface area contributed by atoms with E-state index in [0.717, 1.165) is 26.1 Å². The fraction of sp³-hybridized carbons (Fsp3) is 0.261. The van der Waals surface area contributed by atoms with Gasteiger partial charge in [-0.3, -0.25) is 0 Å². The normalized spacial score (nSPS) is 19.6. The zero-order chi connectivity index (χ0) is 18.2. The highest BCUT2D eigenvalue weighted by Gasteiger charge is 2.30. The van der Waals surface area contributed by atoms with Crippen LogP contribution in [0.25, 0.3) is 10.9 Å². The minimum Gasteiger partial charge on any atom is -0.331 e. The number of hydrogen-bond acceptors (Lipinski definition) is 3. The van der Waals surface area contributed by atoms with Crippen LogP contribution in [0.4, 0.5) is 0 Å². The Morgan fingerprint density at radius 1 is 1.07 bits per heavy atom. The molecule has 1 atom stereocenters. The van der Waals surface area contributed by atoms with Crippen LogP contribution in [0.5, 0.6) is 0 Å². The molecule has 4 nitrogen and oxygen atoms in total. The van der Waals surface area contributed by atoms with E-state index in [1.165, 1.54) is 33.4 Å². The summed E-state index contributed by atoms with van der Waals surface area (Å²) in [6.45, 7) is 4.98. The number of para-hydroxylation sites is 1. The van der Waals surface area contributed by atoms with Crippen LogP contribution in [0.2, 0.25) is 0 Å². The van der Waals surface area contributed by atoms with Crippen molar-refractivity contribution in [3.63, 3.8) is 0 Å². The molecule has 1 unspecified atom stereocenters. The molecule has 3 aromatic rings. The standard InChI is InChI=1S/C23H24N4/c1-17-13-19-9-5-6-10-22(19)27(17)23-25-15-20-14-24-12-11-21(20)26(23)16-18-7-3-2-4-8-18/h2-10,13,15,23-24H,11-12,14,16H2,1H3. The molecule has 27 heavy (non-hydrogen) atoms. The lowest BCUT2D eigenvalue weighted by atomic mass is 10.0. The van der Waals surface area contributed by atoms with E-state index in [1.807, 2.05) is 0 Å². The Morgan fingerprint density at radius 3 is 2.78 bits per heavy atom. The Kier molecular flexibility index (Phi) is 4.06. The van der Waals surface area contributed by atoms with Gasteiger partial charge in [-0.2, -0.15) is 0 Å². The summed E-state index contributed by atoms with van der Waals surface area (Å²) >= 11 is 0. The van der Waals surface area contributed by atoms with Crippen LogP contribution in [0.1, 0.15) is 24.0 Å².